The van der Waals surface area contributed by atoms with Gasteiger partial charge in [0.25, 0.3) is 0 Å². The lowest BCUT2D eigenvalue weighted by molar-refractivity contribution is 0.206. The molecular formula is C30H42N4O2. The Morgan fingerprint density at radius 2 is 1.75 bits per heavy atom. The monoisotopic (exact) mass is 490 g/mol. The second-order valence-corrected chi connectivity index (χ2v) is 10.1. The minimum absolute atomic E-state index is 0.132. The maximum Gasteiger partial charge on any atom is 0.140 e. The quantitative estimate of drug-likeness (QED) is 0.376. The Hall–Kier alpha value is -2.86. The van der Waals surface area contributed by atoms with Gasteiger partial charge in [0.15, 0.2) is 0 Å². The van der Waals surface area contributed by atoms with Crippen molar-refractivity contribution in [3.05, 3.63) is 53.9 Å². The summed E-state index contributed by atoms with van der Waals surface area (Å²) in [5.74, 6) is 3.61. The molecule has 1 aliphatic heterocycles. The zero-order valence-electron chi connectivity index (χ0n) is 22.9. The van der Waals surface area contributed by atoms with E-state index in [4.69, 9.17) is 19.4 Å². The first-order valence-corrected chi connectivity index (χ1v) is 13.4. The van der Waals surface area contributed by atoms with E-state index in [1.807, 2.05) is 19.9 Å². The Kier molecular flexibility index (Phi) is 8.35. The molecule has 3 aromatic rings. The summed E-state index contributed by atoms with van der Waals surface area (Å²) in [6.07, 6.45) is 4.52. The van der Waals surface area contributed by atoms with Crippen molar-refractivity contribution in [2.75, 3.05) is 57.3 Å². The lowest BCUT2D eigenvalue weighted by atomic mass is 9.88. The van der Waals surface area contributed by atoms with Crippen LogP contribution < -0.4 is 14.5 Å². The SMILES string of the molecule is CC.COCCN(C)c1ccc2nc(C3(C)CC3)nc(N3CCC(c4ccccc4OC)CC3)c2c1. The summed E-state index contributed by atoms with van der Waals surface area (Å²) in [7, 11) is 5.62. The average molecular weight is 491 g/mol. The number of aromatic nitrogens is 2. The first-order chi connectivity index (χ1) is 17.5. The maximum absolute atomic E-state index is 5.64. The van der Waals surface area contributed by atoms with Crippen molar-refractivity contribution in [3.8, 4) is 5.75 Å². The molecule has 0 unspecified atom stereocenters. The predicted octanol–water partition coefficient (Wildman–Crippen LogP) is 6.18. The zero-order chi connectivity index (χ0) is 25.7. The molecule has 0 bridgehead atoms. The number of hydrogen-bond donors (Lipinski definition) is 0. The molecule has 1 saturated heterocycles. The van der Waals surface area contributed by atoms with E-state index in [0.29, 0.717) is 12.5 Å². The minimum Gasteiger partial charge on any atom is -0.496 e. The lowest BCUT2D eigenvalue weighted by Crippen LogP contribution is -2.34. The molecule has 0 N–H and O–H groups in total. The van der Waals surface area contributed by atoms with Crippen LogP contribution in [0.2, 0.25) is 0 Å². The fraction of sp³-hybridized carbons (Fsp3) is 0.533. The van der Waals surface area contributed by atoms with Crippen LogP contribution in [0.3, 0.4) is 0 Å². The van der Waals surface area contributed by atoms with Crippen molar-refractivity contribution < 1.29 is 9.47 Å². The van der Waals surface area contributed by atoms with Crippen LogP contribution in [0.15, 0.2) is 42.5 Å². The van der Waals surface area contributed by atoms with Crippen LogP contribution in [0.5, 0.6) is 5.75 Å². The molecule has 1 saturated carbocycles. The summed E-state index contributed by atoms with van der Waals surface area (Å²) in [5.41, 5.74) is 3.67. The van der Waals surface area contributed by atoms with Crippen molar-refractivity contribution in [3.63, 3.8) is 0 Å². The predicted molar refractivity (Wildman–Crippen MR) is 150 cm³/mol. The van der Waals surface area contributed by atoms with Gasteiger partial charge >= 0.3 is 0 Å². The average Bonchev–Trinajstić information content (AvgIpc) is 3.70. The van der Waals surface area contributed by atoms with Gasteiger partial charge in [0.1, 0.15) is 17.4 Å². The Labute approximate surface area is 216 Å². The van der Waals surface area contributed by atoms with E-state index in [9.17, 15) is 0 Å². The second kappa shape index (κ2) is 11.5. The third kappa shape index (κ3) is 5.44. The standard InChI is InChI=1S/C28H36N4O2.C2H6/c1-28(13-14-28)27-29-24-10-9-21(31(2)17-18-33-3)19-23(24)26(30-27)32-15-11-20(12-16-32)22-7-5-6-8-25(22)34-4;1-2/h5-10,19-20H,11-18H2,1-4H3;1-2H3. The molecule has 2 aliphatic rings. The Morgan fingerprint density at radius 1 is 1.03 bits per heavy atom. The van der Waals surface area contributed by atoms with E-state index < -0.39 is 0 Å². The van der Waals surface area contributed by atoms with Crippen molar-refractivity contribution in [2.45, 2.75) is 57.8 Å². The lowest BCUT2D eigenvalue weighted by Gasteiger charge is -2.34. The number of para-hydroxylation sites is 1. The number of anilines is 2. The number of rotatable bonds is 8. The van der Waals surface area contributed by atoms with Gasteiger partial charge in [-0.3, -0.25) is 0 Å². The van der Waals surface area contributed by atoms with E-state index >= 15 is 0 Å². The third-order valence-corrected chi connectivity index (χ3v) is 7.64. The number of likely N-dealkylation sites (N-methyl/N-ethyl adjacent to an activating group) is 1. The molecule has 0 spiro atoms. The van der Waals surface area contributed by atoms with Gasteiger partial charge in [-0.05, 0) is 61.4 Å². The molecule has 6 heteroatoms. The highest BCUT2D eigenvalue weighted by molar-refractivity contribution is 5.92. The second-order valence-electron chi connectivity index (χ2n) is 10.1. The molecule has 2 aromatic carbocycles. The molecule has 0 amide bonds. The minimum atomic E-state index is 0.132. The van der Waals surface area contributed by atoms with Crippen LogP contribution in [-0.4, -0.2) is 57.5 Å². The number of hydrogen-bond acceptors (Lipinski definition) is 6. The van der Waals surface area contributed by atoms with E-state index in [2.05, 4.69) is 60.2 Å². The molecular weight excluding hydrogens is 448 g/mol. The first kappa shape index (κ1) is 26.2. The van der Waals surface area contributed by atoms with Crippen LogP contribution in [0.25, 0.3) is 10.9 Å². The first-order valence-electron chi connectivity index (χ1n) is 13.4. The van der Waals surface area contributed by atoms with Gasteiger partial charge in [0, 0.05) is 50.3 Å². The highest BCUT2D eigenvalue weighted by atomic mass is 16.5. The molecule has 194 valence electrons. The van der Waals surface area contributed by atoms with Gasteiger partial charge in [-0.25, -0.2) is 9.97 Å². The van der Waals surface area contributed by atoms with Gasteiger partial charge in [-0.1, -0.05) is 39.0 Å². The van der Waals surface area contributed by atoms with Crippen LogP contribution in [0.4, 0.5) is 11.5 Å². The molecule has 2 heterocycles. The number of fused-ring (bicyclic) bond motifs is 1. The molecule has 1 aromatic heterocycles. The van der Waals surface area contributed by atoms with Gasteiger partial charge < -0.3 is 19.3 Å². The van der Waals surface area contributed by atoms with Gasteiger partial charge in [0.2, 0.25) is 0 Å². The number of ether oxygens (including phenoxy) is 2. The summed E-state index contributed by atoms with van der Waals surface area (Å²) in [6.45, 7) is 9.80. The Morgan fingerprint density at radius 3 is 2.42 bits per heavy atom. The Balaban J connectivity index is 0.00000148. The molecule has 6 nitrogen and oxygen atoms in total. The van der Waals surface area contributed by atoms with Gasteiger partial charge in [-0.2, -0.15) is 0 Å². The van der Waals surface area contributed by atoms with Crippen LogP contribution in [-0.2, 0) is 10.2 Å². The highest BCUT2D eigenvalue weighted by Crippen LogP contribution is 2.47. The maximum atomic E-state index is 5.64. The molecule has 0 atom stereocenters. The number of nitrogens with zero attached hydrogens (tertiary/aromatic N) is 4. The zero-order valence-corrected chi connectivity index (χ0v) is 22.9. The number of piperidine rings is 1. The van der Waals surface area contributed by atoms with E-state index in [0.717, 1.165) is 60.8 Å². The fourth-order valence-electron chi connectivity index (χ4n) is 5.02. The van der Waals surface area contributed by atoms with Crippen molar-refractivity contribution in [1.29, 1.82) is 0 Å². The fourth-order valence-corrected chi connectivity index (χ4v) is 5.02. The van der Waals surface area contributed by atoms with Crippen LogP contribution in [0, 0.1) is 0 Å². The topological polar surface area (TPSA) is 50.7 Å². The van der Waals surface area contributed by atoms with Crippen LogP contribution in [0.1, 0.15) is 63.8 Å². The normalized spacial score (nSPS) is 16.9. The number of benzene rings is 2. The molecule has 36 heavy (non-hydrogen) atoms. The van der Waals surface area contributed by atoms with Crippen LogP contribution >= 0.6 is 0 Å². The third-order valence-electron chi connectivity index (χ3n) is 7.64. The van der Waals surface area contributed by atoms with E-state index in [1.165, 1.54) is 24.1 Å². The van der Waals surface area contributed by atoms with Crippen molar-refractivity contribution in [2.24, 2.45) is 0 Å². The Bertz CT molecular complexity index is 1150. The molecule has 5 rings (SSSR count). The summed E-state index contributed by atoms with van der Waals surface area (Å²) in [6, 6.07) is 15.0. The van der Waals surface area contributed by atoms with E-state index in [-0.39, 0.29) is 5.41 Å². The van der Waals surface area contributed by atoms with Gasteiger partial charge in [-0.15, -0.1) is 0 Å². The smallest absolute Gasteiger partial charge is 0.140 e. The van der Waals surface area contributed by atoms with Gasteiger partial charge in [0.05, 0.1) is 19.2 Å². The molecule has 2 fully saturated rings. The summed E-state index contributed by atoms with van der Waals surface area (Å²) in [4.78, 5) is 14.9. The largest absolute Gasteiger partial charge is 0.496 e. The number of methoxy groups -OCH3 is 2. The molecule has 0 radical (unpaired) electrons. The summed E-state index contributed by atoms with van der Waals surface area (Å²) < 4.78 is 10.9. The van der Waals surface area contributed by atoms with E-state index in [1.54, 1.807) is 14.2 Å². The summed E-state index contributed by atoms with van der Waals surface area (Å²) in [5, 5.41) is 1.14. The summed E-state index contributed by atoms with van der Waals surface area (Å²) >= 11 is 0. The highest BCUT2D eigenvalue weighted by Gasteiger charge is 2.42. The van der Waals surface area contributed by atoms with Crippen molar-refractivity contribution in [1.82, 2.24) is 9.97 Å². The van der Waals surface area contributed by atoms with Crippen molar-refractivity contribution >= 4 is 22.4 Å². The molecule has 1 aliphatic carbocycles.